The first kappa shape index (κ1) is 12.5. The van der Waals surface area contributed by atoms with Crippen molar-refractivity contribution in [1.29, 1.82) is 0 Å². The fourth-order valence-corrected chi connectivity index (χ4v) is 2.53. The van der Waals surface area contributed by atoms with Crippen molar-refractivity contribution in [2.45, 2.75) is 6.42 Å². The second-order valence-corrected chi connectivity index (χ2v) is 4.96. The molecule has 0 atom stereocenters. The van der Waals surface area contributed by atoms with Gasteiger partial charge in [-0.05, 0) is 24.3 Å². The van der Waals surface area contributed by atoms with Gasteiger partial charge in [0.05, 0.1) is 7.11 Å². The normalized spacial score (nSPS) is 16.9. The summed E-state index contributed by atoms with van der Waals surface area (Å²) in [6, 6.07) is 8.06. The van der Waals surface area contributed by atoms with Gasteiger partial charge in [-0.15, -0.1) is 0 Å². The van der Waals surface area contributed by atoms with Crippen LogP contribution >= 0.6 is 0 Å². The maximum absolute atomic E-state index is 5.86. The molecular formula is C15H20N2O2. The molecule has 1 fully saturated rings. The lowest BCUT2D eigenvalue weighted by Crippen LogP contribution is -2.44. The monoisotopic (exact) mass is 260 g/mol. The van der Waals surface area contributed by atoms with Crippen molar-refractivity contribution in [2.75, 3.05) is 39.8 Å². The first-order valence-corrected chi connectivity index (χ1v) is 6.85. The molecule has 2 heterocycles. The maximum atomic E-state index is 5.86. The molecule has 0 bridgehead atoms. The largest absolute Gasteiger partial charge is 0.497 e. The first-order valence-electron chi connectivity index (χ1n) is 6.85. The molecule has 102 valence electrons. The summed E-state index contributed by atoms with van der Waals surface area (Å²) in [5, 5.41) is 4.49. The Labute approximate surface area is 113 Å². The lowest BCUT2D eigenvalue weighted by molar-refractivity contribution is 0.239. The van der Waals surface area contributed by atoms with E-state index in [0.29, 0.717) is 0 Å². The van der Waals surface area contributed by atoms with Crippen molar-refractivity contribution in [2.24, 2.45) is 0 Å². The Bertz CT molecular complexity index is 544. The van der Waals surface area contributed by atoms with Crippen LogP contribution in [0.4, 0.5) is 0 Å². The van der Waals surface area contributed by atoms with Crippen molar-refractivity contribution in [3.8, 4) is 5.75 Å². The summed E-state index contributed by atoms with van der Waals surface area (Å²) in [5.74, 6) is 1.93. The lowest BCUT2D eigenvalue weighted by atomic mass is 10.2. The minimum atomic E-state index is 0.877. The van der Waals surface area contributed by atoms with Gasteiger partial charge in [-0.2, -0.15) is 0 Å². The highest BCUT2D eigenvalue weighted by molar-refractivity contribution is 5.79. The van der Waals surface area contributed by atoms with Crippen LogP contribution in [0.25, 0.3) is 11.0 Å². The van der Waals surface area contributed by atoms with Gasteiger partial charge in [0.1, 0.15) is 17.1 Å². The van der Waals surface area contributed by atoms with Crippen LogP contribution in [0.2, 0.25) is 0 Å². The molecule has 3 rings (SSSR count). The van der Waals surface area contributed by atoms with Crippen LogP contribution in [0.15, 0.2) is 28.7 Å². The zero-order valence-corrected chi connectivity index (χ0v) is 11.3. The van der Waals surface area contributed by atoms with Gasteiger partial charge < -0.3 is 19.4 Å². The molecule has 0 unspecified atom stereocenters. The smallest absolute Gasteiger partial charge is 0.134 e. The van der Waals surface area contributed by atoms with Gasteiger partial charge in [-0.3, -0.25) is 0 Å². The summed E-state index contributed by atoms with van der Waals surface area (Å²) in [6.07, 6.45) is 0.969. The molecule has 0 spiro atoms. The Morgan fingerprint density at radius 3 is 2.89 bits per heavy atom. The number of hydrogen-bond acceptors (Lipinski definition) is 4. The standard InChI is InChI=1S/C15H20N2O2/c1-18-13-2-3-15-12(10-13)11-14(19-15)4-7-17-8-5-16-6-9-17/h2-3,10-11,16H,4-9H2,1H3. The zero-order chi connectivity index (χ0) is 13.1. The minimum absolute atomic E-state index is 0.877. The van der Waals surface area contributed by atoms with E-state index in [1.165, 1.54) is 0 Å². The fraction of sp³-hybridized carbons (Fsp3) is 0.467. The molecule has 1 saturated heterocycles. The SMILES string of the molecule is COc1ccc2oc(CCN3CCNCC3)cc2c1. The highest BCUT2D eigenvalue weighted by Gasteiger charge is 2.11. The molecule has 1 N–H and O–H groups in total. The summed E-state index contributed by atoms with van der Waals surface area (Å²) < 4.78 is 11.1. The van der Waals surface area contributed by atoms with E-state index in [9.17, 15) is 0 Å². The number of nitrogens with zero attached hydrogens (tertiary/aromatic N) is 1. The van der Waals surface area contributed by atoms with Crippen LogP contribution in [-0.2, 0) is 6.42 Å². The van der Waals surface area contributed by atoms with Gasteiger partial charge in [0, 0.05) is 44.5 Å². The van der Waals surface area contributed by atoms with Gasteiger partial charge in [0.2, 0.25) is 0 Å². The van der Waals surface area contributed by atoms with Crippen molar-refractivity contribution in [3.05, 3.63) is 30.0 Å². The number of nitrogens with one attached hydrogen (secondary N) is 1. The number of benzene rings is 1. The Hall–Kier alpha value is -1.52. The molecular weight excluding hydrogens is 240 g/mol. The van der Waals surface area contributed by atoms with Gasteiger partial charge in [-0.25, -0.2) is 0 Å². The maximum Gasteiger partial charge on any atom is 0.134 e. The zero-order valence-electron chi connectivity index (χ0n) is 11.3. The third-order valence-corrected chi connectivity index (χ3v) is 3.66. The number of furan rings is 1. The molecule has 2 aromatic rings. The van der Waals surface area contributed by atoms with Crippen LogP contribution in [-0.4, -0.2) is 44.7 Å². The molecule has 0 aliphatic carbocycles. The van der Waals surface area contributed by atoms with E-state index >= 15 is 0 Å². The van der Waals surface area contributed by atoms with Gasteiger partial charge in [-0.1, -0.05) is 0 Å². The summed E-state index contributed by atoms with van der Waals surface area (Å²) in [5.41, 5.74) is 0.941. The third-order valence-electron chi connectivity index (χ3n) is 3.66. The van der Waals surface area contributed by atoms with E-state index in [1.54, 1.807) is 7.11 Å². The van der Waals surface area contributed by atoms with Gasteiger partial charge in [0.15, 0.2) is 0 Å². The Balaban J connectivity index is 1.67. The molecule has 19 heavy (non-hydrogen) atoms. The molecule has 0 amide bonds. The third kappa shape index (κ3) is 2.91. The van der Waals surface area contributed by atoms with Crippen molar-refractivity contribution in [3.63, 3.8) is 0 Å². The quantitative estimate of drug-likeness (QED) is 0.911. The second-order valence-electron chi connectivity index (χ2n) is 4.96. The van der Waals surface area contributed by atoms with Crippen LogP contribution in [0, 0.1) is 0 Å². The first-order chi connectivity index (χ1) is 9.35. The second kappa shape index (κ2) is 5.63. The van der Waals surface area contributed by atoms with Gasteiger partial charge >= 0.3 is 0 Å². The minimum Gasteiger partial charge on any atom is -0.497 e. The molecule has 1 aliphatic rings. The highest BCUT2D eigenvalue weighted by Crippen LogP contribution is 2.24. The van der Waals surface area contributed by atoms with Gasteiger partial charge in [0.25, 0.3) is 0 Å². The number of fused-ring (bicyclic) bond motifs is 1. The van der Waals surface area contributed by atoms with E-state index in [2.05, 4.69) is 16.3 Å². The summed E-state index contributed by atoms with van der Waals surface area (Å²) in [4.78, 5) is 2.48. The van der Waals surface area contributed by atoms with Crippen LogP contribution < -0.4 is 10.1 Å². The van der Waals surface area contributed by atoms with Crippen LogP contribution in [0.3, 0.4) is 0 Å². The van der Waals surface area contributed by atoms with E-state index < -0.39 is 0 Å². The van der Waals surface area contributed by atoms with E-state index in [-0.39, 0.29) is 0 Å². The highest BCUT2D eigenvalue weighted by atomic mass is 16.5. The van der Waals surface area contributed by atoms with Crippen molar-refractivity contribution in [1.82, 2.24) is 10.2 Å². The molecule has 1 aromatic carbocycles. The number of methoxy groups -OCH3 is 1. The van der Waals surface area contributed by atoms with E-state index in [1.807, 2.05) is 18.2 Å². The van der Waals surface area contributed by atoms with E-state index in [0.717, 1.165) is 61.6 Å². The number of ether oxygens (including phenoxy) is 1. The van der Waals surface area contributed by atoms with Crippen LogP contribution in [0.5, 0.6) is 5.75 Å². The predicted molar refractivity (Wildman–Crippen MR) is 75.8 cm³/mol. The summed E-state index contributed by atoms with van der Waals surface area (Å²) in [6.45, 7) is 5.52. The number of piperazine rings is 1. The number of rotatable bonds is 4. The molecule has 0 saturated carbocycles. The molecule has 4 heteroatoms. The van der Waals surface area contributed by atoms with Crippen molar-refractivity contribution >= 4 is 11.0 Å². The summed E-state index contributed by atoms with van der Waals surface area (Å²) in [7, 11) is 1.69. The number of hydrogen-bond donors (Lipinski definition) is 1. The Kier molecular flexibility index (Phi) is 3.71. The topological polar surface area (TPSA) is 37.6 Å². The molecule has 4 nitrogen and oxygen atoms in total. The predicted octanol–water partition coefficient (Wildman–Crippen LogP) is 1.89. The average Bonchev–Trinajstić information content (AvgIpc) is 2.88. The van der Waals surface area contributed by atoms with E-state index in [4.69, 9.17) is 9.15 Å². The summed E-state index contributed by atoms with van der Waals surface area (Å²) >= 11 is 0. The average molecular weight is 260 g/mol. The molecule has 0 radical (unpaired) electrons. The Morgan fingerprint density at radius 1 is 1.26 bits per heavy atom. The fourth-order valence-electron chi connectivity index (χ4n) is 2.53. The molecule has 1 aromatic heterocycles. The molecule has 1 aliphatic heterocycles. The van der Waals surface area contributed by atoms with Crippen molar-refractivity contribution < 1.29 is 9.15 Å². The van der Waals surface area contributed by atoms with Crippen LogP contribution in [0.1, 0.15) is 5.76 Å². The lowest BCUT2D eigenvalue weighted by Gasteiger charge is -2.26. The Morgan fingerprint density at radius 2 is 2.11 bits per heavy atom.